The summed E-state index contributed by atoms with van der Waals surface area (Å²) in [6, 6.07) is 8.79. The van der Waals surface area contributed by atoms with Crippen molar-refractivity contribution in [1.82, 2.24) is 5.32 Å². The van der Waals surface area contributed by atoms with Crippen LogP contribution in [0.2, 0.25) is 0 Å². The molecule has 4 unspecified atom stereocenters. The SMILES string of the molecule is O=C(O)CCC(=O)O.OC(CNCC(O)C1CCc2cc(F)ccc2O1)C1CCc2cc(F)ccc2O1. The Morgan fingerprint density at radius 1 is 0.811 bits per heavy atom. The first-order chi connectivity index (χ1) is 17.6. The highest BCUT2D eigenvalue weighted by Gasteiger charge is 2.29. The Morgan fingerprint density at radius 2 is 1.22 bits per heavy atom. The summed E-state index contributed by atoms with van der Waals surface area (Å²) in [5.74, 6) is -1.53. The van der Waals surface area contributed by atoms with Crippen molar-refractivity contribution in [3.8, 4) is 11.5 Å². The van der Waals surface area contributed by atoms with Gasteiger partial charge < -0.3 is 35.2 Å². The number of carbonyl (C=O) groups is 2. The van der Waals surface area contributed by atoms with Gasteiger partial charge in [0.25, 0.3) is 0 Å². The van der Waals surface area contributed by atoms with Gasteiger partial charge in [-0.15, -0.1) is 0 Å². The van der Waals surface area contributed by atoms with Crippen LogP contribution >= 0.6 is 0 Å². The van der Waals surface area contributed by atoms with Gasteiger partial charge in [0.05, 0.1) is 12.8 Å². The smallest absolute Gasteiger partial charge is 0.303 e. The van der Waals surface area contributed by atoms with Crippen LogP contribution in [0, 0.1) is 11.6 Å². The third-order valence-electron chi connectivity index (χ3n) is 6.12. The first kappa shape index (κ1) is 28.3. The summed E-state index contributed by atoms with van der Waals surface area (Å²) in [6.07, 6.45) is -0.379. The number of hydrogen-bond donors (Lipinski definition) is 5. The Bertz CT molecular complexity index is 999. The average molecular weight is 524 g/mol. The number of hydrogen-bond acceptors (Lipinski definition) is 7. The van der Waals surface area contributed by atoms with E-state index in [1.807, 2.05) is 0 Å². The van der Waals surface area contributed by atoms with Crippen LogP contribution in [-0.4, -0.2) is 69.9 Å². The number of ether oxygens (including phenoxy) is 2. The Balaban J connectivity index is 0.000000414. The number of halogens is 2. The van der Waals surface area contributed by atoms with Gasteiger partial charge in [0.1, 0.15) is 47.5 Å². The molecule has 0 spiro atoms. The van der Waals surface area contributed by atoms with E-state index in [-0.39, 0.29) is 49.8 Å². The zero-order valence-corrected chi connectivity index (χ0v) is 20.1. The van der Waals surface area contributed by atoms with Crippen molar-refractivity contribution in [2.75, 3.05) is 13.1 Å². The molecule has 0 fully saturated rings. The average Bonchev–Trinajstić information content (AvgIpc) is 2.87. The molecule has 5 N–H and O–H groups in total. The molecule has 2 aromatic carbocycles. The van der Waals surface area contributed by atoms with Crippen LogP contribution in [0.25, 0.3) is 0 Å². The zero-order chi connectivity index (χ0) is 26.9. The van der Waals surface area contributed by atoms with Gasteiger partial charge in [0.2, 0.25) is 0 Å². The number of nitrogens with one attached hydrogen (secondary N) is 1. The van der Waals surface area contributed by atoms with Crippen molar-refractivity contribution in [3.63, 3.8) is 0 Å². The maximum absolute atomic E-state index is 13.3. The first-order valence-corrected chi connectivity index (χ1v) is 12.0. The van der Waals surface area contributed by atoms with E-state index >= 15 is 0 Å². The molecule has 0 amide bonds. The molecule has 4 atom stereocenters. The molecule has 2 aromatic rings. The maximum Gasteiger partial charge on any atom is 0.303 e. The topological polar surface area (TPSA) is 146 Å². The quantitative estimate of drug-likeness (QED) is 0.334. The molecule has 4 rings (SSSR count). The summed E-state index contributed by atoms with van der Waals surface area (Å²) >= 11 is 0. The van der Waals surface area contributed by atoms with Crippen LogP contribution in [0.1, 0.15) is 36.8 Å². The van der Waals surface area contributed by atoms with E-state index in [9.17, 15) is 28.6 Å². The Labute approximate surface area is 212 Å². The second-order valence-electron chi connectivity index (χ2n) is 8.97. The van der Waals surface area contributed by atoms with Crippen LogP contribution in [0.5, 0.6) is 11.5 Å². The van der Waals surface area contributed by atoms with Gasteiger partial charge in [-0.25, -0.2) is 8.78 Å². The van der Waals surface area contributed by atoms with Crippen molar-refractivity contribution in [2.24, 2.45) is 0 Å². The molecule has 0 saturated carbocycles. The molecule has 0 radical (unpaired) electrons. The van der Waals surface area contributed by atoms with E-state index in [1.54, 1.807) is 12.1 Å². The summed E-state index contributed by atoms with van der Waals surface area (Å²) in [5.41, 5.74) is 1.62. The summed E-state index contributed by atoms with van der Waals surface area (Å²) in [4.78, 5) is 19.3. The minimum Gasteiger partial charge on any atom is -0.487 e. The van der Waals surface area contributed by atoms with Crippen molar-refractivity contribution in [1.29, 1.82) is 0 Å². The molecule has 11 heteroatoms. The molecule has 0 bridgehead atoms. The fourth-order valence-electron chi connectivity index (χ4n) is 4.15. The molecule has 2 aliphatic heterocycles. The lowest BCUT2D eigenvalue weighted by atomic mass is 9.98. The van der Waals surface area contributed by atoms with Crippen LogP contribution in [0.15, 0.2) is 36.4 Å². The largest absolute Gasteiger partial charge is 0.487 e. The zero-order valence-electron chi connectivity index (χ0n) is 20.1. The van der Waals surface area contributed by atoms with Gasteiger partial charge in [0.15, 0.2) is 0 Å². The maximum atomic E-state index is 13.3. The lowest BCUT2D eigenvalue weighted by molar-refractivity contribution is -0.143. The Kier molecular flexibility index (Phi) is 10.2. The first-order valence-electron chi connectivity index (χ1n) is 12.0. The molecule has 37 heavy (non-hydrogen) atoms. The molecule has 0 aromatic heterocycles. The highest BCUT2D eigenvalue weighted by atomic mass is 19.1. The number of aliphatic hydroxyl groups is 2. The van der Waals surface area contributed by atoms with Crippen LogP contribution in [-0.2, 0) is 22.4 Å². The van der Waals surface area contributed by atoms with Gasteiger partial charge in [-0.05, 0) is 73.2 Å². The van der Waals surface area contributed by atoms with Crippen molar-refractivity contribution < 1.29 is 48.3 Å². The molecule has 9 nitrogen and oxygen atoms in total. The van der Waals surface area contributed by atoms with Gasteiger partial charge in [0, 0.05) is 13.1 Å². The fourth-order valence-corrected chi connectivity index (χ4v) is 4.15. The van der Waals surface area contributed by atoms with Crippen LogP contribution < -0.4 is 14.8 Å². The second kappa shape index (κ2) is 13.3. The molecule has 0 saturated heterocycles. The third-order valence-corrected chi connectivity index (χ3v) is 6.12. The molecule has 2 heterocycles. The lowest BCUT2D eigenvalue weighted by Crippen LogP contribution is -2.46. The fraction of sp³-hybridized carbons (Fsp3) is 0.462. The molecular formula is C26H31F2NO8. The highest BCUT2D eigenvalue weighted by molar-refractivity contribution is 5.75. The van der Waals surface area contributed by atoms with E-state index in [4.69, 9.17) is 19.7 Å². The predicted molar refractivity (Wildman–Crippen MR) is 128 cm³/mol. The number of carboxylic acids is 2. The van der Waals surface area contributed by atoms with Crippen molar-refractivity contribution in [2.45, 2.75) is 62.9 Å². The summed E-state index contributed by atoms with van der Waals surface area (Å²) in [7, 11) is 0. The number of fused-ring (bicyclic) bond motifs is 2. The Hall–Kier alpha value is -3.28. The van der Waals surface area contributed by atoms with E-state index in [0.29, 0.717) is 37.2 Å². The number of carboxylic acid groups (broad SMARTS) is 2. The molecule has 0 aliphatic carbocycles. The second-order valence-corrected chi connectivity index (χ2v) is 8.97. The van der Waals surface area contributed by atoms with Gasteiger partial charge in [-0.2, -0.15) is 0 Å². The number of aryl methyl sites for hydroxylation is 2. The van der Waals surface area contributed by atoms with Crippen LogP contribution in [0.3, 0.4) is 0 Å². The normalized spacial score (nSPS) is 19.6. The Morgan fingerprint density at radius 3 is 1.59 bits per heavy atom. The van der Waals surface area contributed by atoms with Crippen molar-refractivity contribution in [3.05, 3.63) is 59.2 Å². The van der Waals surface area contributed by atoms with Crippen LogP contribution in [0.4, 0.5) is 8.78 Å². The van der Waals surface area contributed by atoms with Crippen molar-refractivity contribution >= 4 is 11.9 Å². The lowest BCUT2D eigenvalue weighted by Gasteiger charge is -2.31. The van der Waals surface area contributed by atoms with E-state index in [0.717, 1.165) is 11.1 Å². The summed E-state index contributed by atoms with van der Waals surface area (Å²) in [5, 5.41) is 39.7. The minimum atomic E-state index is -1.08. The van der Waals surface area contributed by atoms with Gasteiger partial charge >= 0.3 is 11.9 Å². The van der Waals surface area contributed by atoms with E-state index in [1.165, 1.54) is 24.3 Å². The number of rotatable bonds is 9. The van der Waals surface area contributed by atoms with Gasteiger partial charge in [-0.1, -0.05) is 0 Å². The molecular weight excluding hydrogens is 492 g/mol. The summed E-state index contributed by atoms with van der Waals surface area (Å²) < 4.78 is 38.2. The van der Waals surface area contributed by atoms with E-state index in [2.05, 4.69) is 5.32 Å². The number of aliphatic hydroxyl groups excluding tert-OH is 2. The van der Waals surface area contributed by atoms with Gasteiger partial charge in [-0.3, -0.25) is 9.59 Å². The minimum absolute atomic E-state index is 0.257. The highest BCUT2D eigenvalue weighted by Crippen LogP contribution is 2.30. The number of benzene rings is 2. The summed E-state index contributed by atoms with van der Waals surface area (Å²) in [6.45, 7) is 0.513. The third kappa shape index (κ3) is 8.66. The van der Waals surface area contributed by atoms with E-state index < -0.39 is 24.1 Å². The standard InChI is InChI=1S/C22H25F2NO4.C4H6O4/c23-15-3-7-19-13(9-15)1-5-21(28-19)17(26)11-25-12-18(27)22-6-2-14-10-16(24)4-8-20(14)29-22;5-3(6)1-2-4(7)8/h3-4,7-10,17-18,21-22,25-27H,1-2,5-6,11-12H2;1-2H2,(H,5,6)(H,7,8). The predicted octanol–water partition coefficient (Wildman–Crippen LogP) is 2.30. The monoisotopic (exact) mass is 523 g/mol. The molecule has 2 aliphatic rings. The molecule has 202 valence electrons. The number of aliphatic carboxylic acids is 2.